The van der Waals surface area contributed by atoms with Gasteiger partial charge in [0.1, 0.15) is 0 Å². The molecule has 2 nitrogen and oxygen atoms in total. The second-order valence-electron chi connectivity index (χ2n) is 7.11. The number of hydrogen-bond donors (Lipinski definition) is 0. The van der Waals surface area contributed by atoms with Gasteiger partial charge in [0.2, 0.25) is 5.91 Å². The summed E-state index contributed by atoms with van der Waals surface area (Å²) in [7, 11) is 0. The molecule has 3 unspecified atom stereocenters. The summed E-state index contributed by atoms with van der Waals surface area (Å²) in [6, 6.07) is 19.9. The minimum Gasteiger partial charge on any atom is -0.335 e. The van der Waals surface area contributed by atoms with Crippen molar-refractivity contribution in [3.05, 3.63) is 71.3 Å². The summed E-state index contributed by atoms with van der Waals surface area (Å²) in [6.45, 7) is 3.00. The Labute approximate surface area is 144 Å². The Morgan fingerprint density at radius 2 is 1.75 bits per heavy atom. The highest BCUT2D eigenvalue weighted by molar-refractivity contribution is 5.77. The van der Waals surface area contributed by atoms with Crippen LogP contribution in [0.3, 0.4) is 0 Å². The predicted octanol–water partition coefficient (Wildman–Crippen LogP) is 4.91. The molecular weight excluding hydrogens is 294 g/mol. The number of likely N-dealkylation sites (tertiary alicyclic amines) is 1. The van der Waals surface area contributed by atoms with Crippen molar-refractivity contribution in [2.75, 3.05) is 6.54 Å². The lowest BCUT2D eigenvalue weighted by Crippen LogP contribution is -2.41. The van der Waals surface area contributed by atoms with Gasteiger partial charge in [-0.25, -0.2) is 0 Å². The van der Waals surface area contributed by atoms with Gasteiger partial charge in [0.15, 0.2) is 0 Å². The SMILES string of the molecule is CCCC(=O)N1CCCC2C(c3ccccc3)c3ccccc3C21. The minimum absolute atomic E-state index is 0.263. The molecule has 24 heavy (non-hydrogen) atoms. The molecule has 0 radical (unpaired) electrons. The van der Waals surface area contributed by atoms with Gasteiger partial charge >= 0.3 is 0 Å². The van der Waals surface area contributed by atoms with Crippen molar-refractivity contribution < 1.29 is 4.79 Å². The van der Waals surface area contributed by atoms with E-state index in [0.29, 0.717) is 24.2 Å². The minimum atomic E-state index is 0.263. The number of rotatable bonds is 3. The van der Waals surface area contributed by atoms with Gasteiger partial charge in [-0.05, 0) is 41.9 Å². The normalized spacial score (nSPS) is 25.2. The summed E-state index contributed by atoms with van der Waals surface area (Å²) in [5.41, 5.74) is 4.19. The van der Waals surface area contributed by atoms with Crippen molar-refractivity contribution in [3.63, 3.8) is 0 Å². The average molecular weight is 319 g/mol. The first kappa shape index (κ1) is 15.4. The standard InChI is InChI=1S/C22H25NO/c1-2-9-20(24)23-15-8-14-19-21(16-10-4-3-5-11-16)17-12-6-7-13-18(17)22(19)23/h3-7,10-13,19,21-22H,2,8-9,14-15H2,1H3. The van der Waals surface area contributed by atoms with Crippen molar-refractivity contribution in [2.45, 2.75) is 44.6 Å². The van der Waals surface area contributed by atoms with Crippen molar-refractivity contribution in [1.29, 1.82) is 0 Å². The third kappa shape index (κ3) is 2.45. The van der Waals surface area contributed by atoms with E-state index >= 15 is 0 Å². The number of carbonyl (C=O) groups excluding carboxylic acids is 1. The lowest BCUT2D eigenvalue weighted by molar-refractivity contribution is -0.136. The molecule has 1 fully saturated rings. The fraction of sp³-hybridized carbons (Fsp3) is 0.409. The largest absolute Gasteiger partial charge is 0.335 e. The van der Waals surface area contributed by atoms with E-state index in [2.05, 4.69) is 66.4 Å². The monoisotopic (exact) mass is 319 g/mol. The van der Waals surface area contributed by atoms with Crippen LogP contribution in [-0.4, -0.2) is 17.4 Å². The van der Waals surface area contributed by atoms with Gasteiger partial charge in [0.25, 0.3) is 0 Å². The van der Waals surface area contributed by atoms with Crippen LogP contribution < -0.4 is 0 Å². The Bertz CT molecular complexity index is 724. The van der Waals surface area contributed by atoms with E-state index in [9.17, 15) is 4.79 Å². The van der Waals surface area contributed by atoms with Gasteiger partial charge in [-0.3, -0.25) is 4.79 Å². The number of piperidine rings is 1. The van der Waals surface area contributed by atoms with Crippen LogP contribution >= 0.6 is 0 Å². The van der Waals surface area contributed by atoms with Crippen molar-refractivity contribution in [2.24, 2.45) is 5.92 Å². The van der Waals surface area contributed by atoms with Crippen LogP contribution in [0, 0.1) is 5.92 Å². The first-order valence-electron chi connectivity index (χ1n) is 9.24. The molecule has 3 atom stereocenters. The van der Waals surface area contributed by atoms with Crippen molar-refractivity contribution >= 4 is 5.91 Å². The Kier molecular flexibility index (Phi) is 4.13. The number of carbonyl (C=O) groups is 1. The number of benzene rings is 2. The summed E-state index contributed by atoms with van der Waals surface area (Å²) in [6.07, 6.45) is 3.92. The van der Waals surface area contributed by atoms with Gasteiger partial charge in [-0.1, -0.05) is 61.5 Å². The summed E-state index contributed by atoms with van der Waals surface area (Å²) in [4.78, 5) is 14.9. The molecule has 2 heteroatoms. The first-order valence-corrected chi connectivity index (χ1v) is 9.24. The highest BCUT2D eigenvalue weighted by Crippen LogP contribution is 2.54. The van der Waals surface area contributed by atoms with Gasteiger partial charge in [0.05, 0.1) is 6.04 Å². The van der Waals surface area contributed by atoms with E-state index in [1.165, 1.54) is 23.1 Å². The Hall–Kier alpha value is -2.09. The molecule has 0 N–H and O–H groups in total. The lowest BCUT2D eigenvalue weighted by atomic mass is 9.80. The molecular formula is C22H25NO. The van der Waals surface area contributed by atoms with Crippen LogP contribution in [0.2, 0.25) is 0 Å². The lowest BCUT2D eigenvalue weighted by Gasteiger charge is -2.40. The molecule has 4 rings (SSSR count). The zero-order chi connectivity index (χ0) is 16.5. The first-order chi connectivity index (χ1) is 11.8. The number of amides is 1. The maximum atomic E-state index is 12.7. The molecule has 124 valence electrons. The predicted molar refractivity (Wildman–Crippen MR) is 96.8 cm³/mol. The van der Waals surface area contributed by atoms with Gasteiger partial charge in [-0.15, -0.1) is 0 Å². The molecule has 1 aliphatic carbocycles. The molecule has 2 aromatic carbocycles. The van der Waals surface area contributed by atoms with Crippen LogP contribution in [0.4, 0.5) is 0 Å². The van der Waals surface area contributed by atoms with E-state index in [0.717, 1.165) is 19.4 Å². The molecule has 0 aromatic heterocycles. The molecule has 1 saturated heterocycles. The fourth-order valence-electron chi connectivity index (χ4n) is 4.79. The molecule has 1 aliphatic heterocycles. The molecule has 0 saturated carbocycles. The highest BCUT2D eigenvalue weighted by atomic mass is 16.2. The summed E-state index contributed by atoms with van der Waals surface area (Å²) < 4.78 is 0. The van der Waals surface area contributed by atoms with Crippen LogP contribution in [-0.2, 0) is 4.79 Å². The summed E-state index contributed by atoms with van der Waals surface area (Å²) in [5.74, 6) is 1.26. The molecule has 0 spiro atoms. The Morgan fingerprint density at radius 1 is 1.04 bits per heavy atom. The maximum absolute atomic E-state index is 12.7. The highest BCUT2D eigenvalue weighted by Gasteiger charge is 2.46. The third-order valence-corrected chi connectivity index (χ3v) is 5.70. The zero-order valence-electron chi connectivity index (χ0n) is 14.3. The molecule has 2 aliphatic rings. The van der Waals surface area contributed by atoms with E-state index < -0.39 is 0 Å². The van der Waals surface area contributed by atoms with Crippen molar-refractivity contribution in [3.8, 4) is 0 Å². The smallest absolute Gasteiger partial charge is 0.223 e. The van der Waals surface area contributed by atoms with E-state index in [1.807, 2.05) is 0 Å². The van der Waals surface area contributed by atoms with Gasteiger partial charge < -0.3 is 4.90 Å². The van der Waals surface area contributed by atoms with Crippen LogP contribution in [0.5, 0.6) is 0 Å². The summed E-state index contributed by atoms with van der Waals surface area (Å²) >= 11 is 0. The average Bonchev–Trinajstić information content (AvgIpc) is 2.97. The van der Waals surface area contributed by atoms with Crippen LogP contribution in [0.1, 0.15) is 61.3 Å². The molecule has 2 aromatic rings. The Morgan fingerprint density at radius 3 is 2.50 bits per heavy atom. The second kappa shape index (κ2) is 6.43. The van der Waals surface area contributed by atoms with Gasteiger partial charge in [-0.2, -0.15) is 0 Å². The molecule has 1 heterocycles. The Balaban J connectivity index is 1.79. The van der Waals surface area contributed by atoms with Crippen molar-refractivity contribution in [1.82, 2.24) is 4.90 Å². The van der Waals surface area contributed by atoms with E-state index in [1.54, 1.807) is 0 Å². The number of nitrogens with zero attached hydrogens (tertiary/aromatic N) is 1. The van der Waals surface area contributed by atoms with E-state index in [4.69, 9.17) is 0 Å². The second-order valence-corrected chi connectivity index (χ2v) is 7.11. The topological polar surface area (TPSA) is 20.3 Å². The molecule has 1 amide bonds. The quantitative estimate of drug-likeness (QED) is 0.787. The number of hydrogen-bond acceptors (Lipinski definition) is 1. The van der Waals surface area contributed by atoms with Gasteiger partial charge in [0, 0.05) is 18.9 Å². The number of fused-ring (bicyclic) bond motifs is 3. The molecule has 0 bridgehead atoms. The van der Waals surface area contributed by atoms with Crippen LogP contribution in [0.25, 0.3) is 0 Å². The zero-order valence-corrected chi connectivity index (χ0v) is 14.3. The third-order valence-electron chi connectivity index (χ3n) is 5.70. The van der Waals surface area contributed by atoms with Crippen LogP contribution in [0.15, 0.2) is 54.6 Å². The summed E-state index contributed by atoms with van der Waals surface area (Å²) in [5, 5.41) is 0. The fourth-order valence-corrected chi connectivity index (χ4v) is 4.79. The van der Waals surface area contributed by atoms with E-state index in [-0.39, 0.29) is 6.04 Å². The maximum Gasteiger partial charge on any atom is 0.223 e.